The minimum absolute atomic E-state index is 0.0147. The Morgan fingerprint density at radius 1 is 1.00 bits per heavy atom. The van der Waals surface area contributed by atoms with Crippen LogP contribution in [0.25, 0.3) is 11.4 Å². The van der Waals surface area contributed by atoms with Gasteiger partial charge in [-0.1, -0.05) is 55.8 Å². The highest BCUT2D eigenvalue weighted by Crippen LogP contribution is 2.42. The monoisotopic (exact) mass is 529 g/mol. The molecule has 182 valence electrons. The summed E-state index contributed by atoms with van der Waals surface area (Å²) in [5.41, 5.74) is 0.726. The van der Waals surface area contributed by atoms with Gasteiger partial charge in [0, 0.05) is 17.5 Å². The smallest absolute Gasteiger partial charge is 0.265 e. The number of para-hydroxylation sites is 2. The maximum atomic E-state index is 13.8. The summed E-state index contributed by atoms with van der Waals surface area (Å²) in [7, 11) is -2.49. The van der Waals surface area contributed by atoms with E-state index in [9.17, 15) is 8.42 Å². The molecule has 0 saturated heterocycles. The normalized spacial score (nSPS) is 11.5. The van der Waals surface area contributed by atoms with Crippen molar-refractivity contribution in [2.24, 2.45) is 5.92 Å². The molecule has 2 aromatic carbocycles. The summed E-state index contributed by atoms with van der Waals surface area (Å²) in [6.45, 7) is 4.00. The Hall–Kier alpha value is -3.14. The van der Waals surface area contributed by atoms with Crippen LogP contribution >= 0.6 is 22.9 Å². The third kappa shape index (κ3) is 5.42. The lowest BCUT2D eigenvalue weighted by atomic mass is 10.2. The first-order chi connectivity index (χ1) is 16.8. The highest BCUT2D eigenvalue weighted by Gasteiger charge is 2.32. The molecule has 0 N–H and O–H groups in total. The van der Waals surface area contributed by atoms with E-state index >= 15 is 0 Å². The standard InChI is InChI=1S/C25H24ClN3O4S2/c1-17(2)15-29(35(30,31)19-9-5-4-6-10-19)25-22(33-21-12-8-7-11-20(21)32-3)23(26)27-24(28-25)18-13-14-34-16-18/h4-14,16-17H,15H2,1-3H3. The fraction of sp³-hybridized carbons (Fsp3) is 0.200. The first kappa shape index (κ1) is 25.0. The Morgan fingerprint density at radius 3 is 2.31 bits per heavy atom. The molecule has 0 fully saturated rings. The number of hydrogen-bond acceptors (Lipinski definition) is 7. The molecule has 10 heteroatoms. The maximum absolute atomic E-state index is 13.8. The molecule has 7 nitrogen and oxygen atoms in total. The molecule has 0 amide bonds. The summed E-state index contributed by atoms with van der Waals surface area (Å²) in [6, 6.07) is 17.1. The second kappa shape index (κ2) is 10.6. The summed E-state index contributed by atoms with van der Waals surface area (Å²) in [5, 5.41) is 3.74. The summed E-state index contributed by atoms with van der Waals surface area (Å²) in [6.07, 6.45) is 0. The van der Waals surface area contributed by atoms with E-state index in [-0.39, 0.29) is 34.1 Å². The first-order valence-corrected chi connectivity index (χ1v) is 13.6. The predicted molar refractivity (Wildman–Crippen MR) is 139 cm³/mol. The van der Waals surface area contributed by atoms with Crippen LogP contribution in [0.15, 0.2) is 76.3 Å². The van der Waals surface area contributed by atoms with E-state index in [4.69, 9.17) is 21.1 Å². The molecule has 35 heavy (non-hydrogen) atoms. The average Bonchev–Trinajstić information content (AvgIpc) is 3.39. The molecule has 2 aromatic heterocycles. The number of methoxy groups -OCH3 is 1. The molecular weight excluding hydrogens is 506 g/mol. The molecule has 0 aliphatic rings. The number of hydrogen-bond donors (Lipinski definition) is 0. The van der Waals surface area contributed by atoms with Gasteiger partial charge in [-0.2, -0.15) is 11.3 Å². The number of benzene rings is 2. The van der Waals surface area contributed by atoms with Crippen molar-refractivity contribution in [1.82, 2.24) is 9.97 Å². The van der Waals surface area contributed by atoms with Gasteiger partial charge in [-0.25, -0.2) is 22.7 Å². The number of aromatic nitrogens is 2. The number of ether oxygens (including phenoxy) is 2. The molecule has 0 spiro atoms. The third-order valence-corrected chi connectivity index (χ3v) is 7.67. The fourth-order valence-corrected chi connectivity index (χ4v) is 5.79. The van der Waals surface area contributed by atoms with Gasteiger partial charge in [0.25, 0.3) is 10.0 Å². The summed E-state index contributed by atoms with van der Waals surface area (Å²) >= 11 is 8.12. The number of rotatable bonds is 9. The van der Waals surface area contributed by atoms with Crippen molar-refractivity contribution in [3.05, 3.63) is 76.6 Å². The van der Waals surface area contributed by atoms with Gasteiger partial charge in [0.05, 0.1) is 12.0 Å². The topological polar surface area (TPSA) is 81.6 Å². The molecule has 2 heterocycles. The van der Waals surface area contributed by atoms with Crippen LogP contribution < -0.4 is 13.8 Å². The highest BCUT2D eigenvalue weighted by molar-refractivity contribution is 7.92. The van der Waals surface area contributed by atoms with Gasteiger partial charge in [0.15, 0.2) is 28.3 Å². The van der Waals surface area contributed by atoms with Gasteiger partial charge >= 0.3 is 0 Å². The summed E-state index contributed by atoms with van der Waals surface area (Å²) < 4.78 is 40.5. The molecule has 4 rings (SSSR count). The Bertz CT molecular complexity index is 1400. The van der Waals surface area contributed by atoms with Crippen LogP contribution in [-0.4, -0.2) is 32.0 Å². The molecule has 0 saturated carbocycles. The Labute approximate surface area is 214 Å². The van der Waals surface area contributed by atoms with Crippen molar-refractivity contribution in [2.75, 3.05) is 18.0 Å². The van der Waals surface area contributed by atoms with E-state index in [1.54, 1.807) is 54.6 Å². The van der Waals surface area contributed by atoms with Crippen LogP contribution in [0.1, 0.15) is 13.8 Å². The van der Waals surface area contributed by atoms with Crippen molar-refractivity contribution in [1.29, 1.82) is 0 Å². The van der Waals surface area contributed by atoms with E-state index < -0.39 is 10.0 Å². The third-order valence-electron chi connectivity index (χ3n) is 4.97. The quantitative estimate of drug-likeness (QED) is 0.230. The number of sulfonamides is 1. The van der Waals surface area contributed by atoms with Gasteiger partial charge < -0.3 is 9.47 Å². The minimum Gasteiger partial charge on any atom is -0.493 e. The van der Waals surface area contributed by atoms with Crippen LogP contribution in [0, 0.1) is 5.92 Å². The van der Waals surface area contributed by atoms with Crippen molar-refractivity contribution >= 4 is 38.8 Å². The SMILES string of the molecule is COc1ccccc1Oc1c(Cl)nc(-c2ccsc2)nc1N(CC(C)C)S(=O)(=O)c1ccccc1. The van der Waals surface area contributed by atoms with Crippen molar-refractivity contribution in [3.8, 4) is 28.6 Å². The Balaban J connectivity index is 1.95. The zero-order chi connectivity index (χ0) is 25.0. The fourth-order valence-electron chi connectivity index (χ4n) is 3.35. The van der Waals surface area contributed by atoms with E-state index in [1.807, 2.05) is 30.7 Å². The number of thiophene rings is 1. The van der Waals surface area contributed by atoms with Crippen molar-refractivity contribution in [2.45, 2.75) is 18.7 Å². The molecule has 4 aromatic rings. The second-order valence-electron chi connectivity index (χ2n) is 8.00. The zero-order valence-electron chi connectivity index (χ0n) is 19.4. The van der Waals surface area contributed by atoms with Crippen LogP contribution in [-0.2, 0) is 10.0 Å². The van der Waals surface area contributed by atoms with Crippen LogP contribution in [0.3, 0.4) is 0 Å². The van der Waals surface area contributed by atoms with E-state index in [0.717, 1.165) is 5.56 Å². The maximum Gasteiger partial charge on any atom is 0.265 e. The summed E-state index contributed by atoms with van der Waals surface area (Å²) in [4.78, 5) is 9.22. The highest BCUT2D eigenvalue weighted by atomic mass is 35.5. The van der Waals surface area contributed by atoms with Gasteiger partial charge in [-0.05, 0) is 41.6 Å². The van der Waals surface area contributed by atoms with Gasteiger partial charge in [0.2, 0.25) is 5.75 Å². The lowest BCUT2D eigenvalue weighted by Gasteiger charge is -2.27. The second-order valence-corrected chi connectivity index (χ2v) is 11.0. The van der Waals surface area contributed by atoms with Crippen LogP contribution in [0.5, 0.6) is 17.2 Å². The van der Waals surface area contributed by atoms with Gasteiger partial charge in [-0.3, -0.25) is 0 Å². The number of halogens is 1. The van der Waals surface area contributed by atoms with Crippen LogP contribution in [0.4, 0.5) is 5.82 Å². The molecule has 0 atom stereocenters. The van der Waals surface area contributed by atoms with Gasteiger partial charge in [-0.15, -0.1) is 0 Å². The van der Waals surface area contributed by atoms with Crippen molar-refractivity contribution in [3.63, 3.8) is 0 Å². The molecule has 0 unspecified atom stereocenters. The van der Waals surface area contributed by atoms with E-state index in [1.165, 1.54) is 22.8 Å². The Kier molecular flexibility index (Phi) is 7.59. The van der Waals surface area contributed by atoms with Gasteiger partial charge in [0.1, 0.15) is 0 Å². The average molecular weight is 530 g/mol. The van der Waals surface area contributed by atoms with Crippen LogP contribution in [0.2, 0.25) is 5.15 Å². The molecule has 0 radical (unpaired) electrons. The lowest BCUT2D eigenvalue weighted by molar-refractivity contribution is 0.378. The Morgan fingerprint density at radius 2 is 1.69 bits per heavy atom. The van der Waals surface area contributed by atoms with E-state index in [0.29, 0.717) is 17.3 Å². The molecule has 0 bridgehead atoms. The molecule has 0 aliphatic heterocycles. The number of anilines is 1. The summed E-state index contributed by atoms with van der Waals surface area (Å²) in [5.74, 6) is 1.16. The zero-order valence-corrected chi connectivity index (χ0v) is 21.8. The largest absolute Gasteiger partial charge is 0.493 e. The predicted octanol–water partition coefficient (Wildman–Crippen LogP) is 6.51. The number of nitrogens with zero attached hydrogens (tertiary/aromatic N) is 3. The molecular formula is C25H24ClN3O4S2. The van der Waals surface area contributed by atoms with Crippen molar-refractivity contribution < 1.29 is 17.9 Å². The van der Waals surface area contributed by atoms with E-state index in [2.05, 4.69) is 9.97 Å². The lowest BCUT2D eigenvalue weighted by Crippen LogP contribution is -2.35. The molecule has 0 aliphatic carbocycles. The minimum atomic E-state index is -4.01. The first-order valence-electron chi connectivity index (χ1n) is 10.8.